The van der Waals surface area contributed by atoms with Crippen LogP contribution in [-0.2, 0) is 0 Å². The summed E-state index contributed by atoms with van der Waals surface area (Å²) in [5.41, 5.74) is 1.64. The third-order valence-electron chi connectivity index (χ3n) is 7.65. The number of fused-ring (bicyclic) bond motifs is 1. The zero-order valence-electron chi connectivity index (χ0n) is 21.6. The number of amides is 2. The van der Waals surface area contributed by atoms with Crippen LogP contribution in [0.4, 0.5) is 14.9 Å². The minimum absolute atomic E-state index is 0.0292. The predicted octanol–water partition coefficient (Wildman–Crippen LogP) is 3.10. The maximum atomic E-state index is 14.3. The van der Waals surface area contributed by atoms with Gasteiger partial charge >= 0.3 is 6.09 Å². The lowest BCUT2D eigenvalue weighted by atomic mass is 9.52. The van der Waals surface area contributed by atoms with Crippen molar-refractivity contribution in [3.8, 4) is 17.5 Å². The van der Waals surface area contributed by atoms with Crippen LogP contribution in [0.5, 0.6) is 0 Å². The maximum Gasteiger partial charge on any atom is 0.404 e. The number of halogens is 1. The molecule has 12 heteroatoms. The van der Waals surface area contributed by atoms with Crippen molar-refractivity contribution in [3.05, 3.63) is 47.8 Å². The summed E-state index contributed by atoms with van der Waals surface area (Å²) in [5, 5.41) is 40.8. The van der Waals surface area contributed by atoms with Crippen molar-refractivity contribution >= 4 is 23.2 Å². The second-order valence-electron chi connectivity index (χ2n) is 11.2. The Morgan fingerprint density at radius 3 is 2.62 bits per heavy atom. The number of carbonyl (C=O) groups excluding carboxylic acids is 1. The van der Waals surface area contributed by atoms with Gasteiger partial charge in [0.15, 0.2) is 0 Å². The molecule has 5 rings (SSSR count). The van der Waals surface area contributed by atoms with E-state index in [-0.39, 0.29) is 29.6 Å². The summed E-state index contributed by atoms with van der Waals surface area (Å²) in [4.78, 5) is 28.4. The van der Waals surface area contributed by atoms with Crippen molar-refractivity contribution in [2.24, 2.45) is 5.41 Å². The quantitative estimate of drug-likeness (QED) is 0.294. The van der Waals surface area contributed by atoms with E-state index < -0.39 is 23.8 Å². The van der Waals surface area contributed by atoms with Crippen molar-refractivity contribution in [2.45, 2.75) is 63.4 Å². The van der Waals surface area contributed by atoms with Crippen LogP contribution in [0.25, 0.3) is 16.9 Å². The molecule has 0 unspecified atom stereocenters. The molecule has 2 saturated carbocycles. The van der Waals surface area contributed by atoms with E-state index in [1.807, 2.05) is 12.1 Å². The van der Waals surface area contributed by atoms with E-state index >= 15 is 0 Å². The van der Waals surface area contributed by atoms with E-state index in [4.69, 9.17) is 10.4 Å². The van der Waals surface area contributed by atoms with Crippen LogP contribution >= 0.6 is 0 Å². The highest BCUT2D eigenvalue weighted by Gasteiger charge is 2.53. The molecule has 0 aliphatic heterocycles. The lowest BCUT2D eigenvalue weighted by Crippen LogP contribution is -2.59. The van der Waals surface area contributed by atoms with Crippen molar-refractivity contribution < 1.29 is 24.2 Å². The lowest BCUT2D eigenvalue weighted by molar-refractivity contribution is -0.0100. The van der Waals surface area contributed by atoms with Crippen molar-refractivity contribution in [2.75, 3.05) is 11.9 Å². The number of rotatable bonds is 8. The van der Waals surface area contributed by atoms with E-state index in [0.29, 0.717) is 22.6 Å². The standard InChI is InChI=1S/C27H30FN7O4/c1-26(2,39)23(28)14-31-24(36)19-13-30-21(22-4-3-18-5-15(11-29)12-32-35(18)22)6-20(19)33-16-7-27(8-16)9-17(10-27)34-25(37)38/h3-6,12-13,16-17,23,34,39H,7-10,14H2,1-2H3,(H,30,33)(H,31,36)(H,37,38)/t16?,17?,23-,27?/m1/s1. The predicted molar refractivity (Wildman–Crippen MR) is 140 cm³/mol. The van der Waals surface area contributed by atoms with E-state index in [9.17, 15) is 19.1 Å². The fraction of sp³-hybridized carbons (Fsp3) is 0.444. The molecular formula is C27H30FN7O4. The van der Waals surface area contributed by atoms with Crippen molar-refractivity contribution in [3.63, 3.8) is 0 Å². The topological polar surface area (TPSA) is 165 Å². The maximum absolute atomic E-state index is 14.3. The highest BCUT2D eigenvalue weighted by molar-refractivity contribution is 6.00. The van der Waals surface area contributed by atoms with Crippen LogP contribution in [0.3, 0.4) is 0 Å². The van der Waals surface area contributed by atoms with Gasteiger partial charge in [0.2, 0.25) is 0 Å². The molecule has 0 radical (unpaired) electrons. The number of hydrogen-bond donors (Lipinski definition) is 5. The summed E-state index contributed by atoms with van der Waals surface area (Å²) in [7, 11) is 0. The van der Waals surface area contributed by atoms with E-state index in [1.165, 1.54) is 26.2 Å². The Morgan fingerprint density at radius 2 is 1.95 bits per heavy atom. The summed E-state index contributed by atoms with van der Waals surface area (Å²) < 4.78 is 15.9. The Labute approximate surface area is 224 Å². The van der Waals surface area contributed by atoms with Crippen molar-refractivity contribution in [1.29, 1.82) is 5.26 Å². The molecule has 0 bridgehead atoms. The minimum atomic E-state index is -1.65. The molecule has 2 aliphatic rings. The lowest BCUT2D eigenvalue weighted by Gasteiger charge is -2.57. The molecule has 3 aromatic heterocycles. The normalized spacial score (nSPS) is 22.8. The van der Waals surface area contributed by atoms with Gasteiger partial charge < -0.3 is 26.2 Å². The summed E-state index contributed by atoms with van der Waals surface area (Å²) in [6.07, 6.45) is 3.47. The number of carbonyl (C=O) groups is 2. The number of carboxylic acid groups (broad SMARTS) is 1. The molecule has 2 fully saturated rings. The van der Waals surface area contributed by atoms with Gasteiger partial charge in [-0.2, -0.15) is 10.4 Å². The van der Waals surface area contributed by atoms with Gasteiger partial charge in [0.1, 0.15) is 12.2 Å². The largest absolute Gasteiger partial charge is 0.465 e. The number of aliphatic hydroxyl groups is 1. The first-order valence-corrected chi connectivity index (χ1v) is 12.8. The Balaban J connectivity index is 1.37. The van der Waals surface area contributed by atoms with Gasteiger partial charge in [0.25, 0.3) is 5.91 Å². The van der Waals surface area contributed by atoms with Gasteiger partial charge in [-0.05, 0) is 69.2 Å². The van der Waals surface area contributed by atoms with Crippen LogP contribution in [0, 0.1) is 16.7 Å². The second kappa shape index (κ2) is 9.81. The highest BCUT2D eigenvalue weighted by Crippen LogP contribution is 2.56. The number of pyridine rings is 1. The van der Waals surface area contributed by atoms with Crippen LogP contribution in [0.15, 0.2) is 36.7 Å². The molecule has 3 heterocycles. The molecule has 3 aromatic rings. The number of hydrogen-bond acceptors (Lipinski definition) is 7. The molecule has 204 valence electrons. The molecule has 11 nitrogen and oxygen atoms in total. The monoisotopic (exact) mass is 535 g/mol. The fourth-order valence-corrected chi connectivity index (χ4v) is 5.58. The van der Waals surface area contributed by atoms with E-state index in [1.54, 1.807) is 16.6 Å². The third-order valence-corrected chi connectivity index (χ3v) is 7.65. The zero-order valence-corrected chi connectivity index (χ0v) is 21.6. The molecule has 2 aliphatic carbocycles. The summed E-state index contributed by atoms with van der Waals surface area (Å²) in [6, 6.07) is 9.23. The van der Waals surface area contributed by atoms with Crippen LogP contribution in [-0.4, -0.2) is 67.2 Å². The molecule has 2 amide bonds. The minimum Gasteiger partial charge on any atom is -0.465 e. The average Bonchev–Trinajstić information content (AvgIpc) is 3.26. The first kappa shape index (κ1) is 26.4. The molecule has 0 saturated heterocycles. The van der Waals surface area contributed by atoms with Gasteiger partial charge in [0, 0.05) is 18.3 Å². The Hall–Kier alpha value is -4.24. The Bertz CT molecular complexity index is 1460. The Morgan fingerprint density at radius 1 is 1.23 bits per heavy atom. The molecular weight excluding hydrogens is 505 g/mol. The van der Waals surface area contributed by atoms with Crippen LogP contribution in [0.2, 0.25) is 0 Å². The van der Waals surface area contributed by atoms with Gasteiger partial charge in [-0.25, -0.2) is 13.7 Å². The Kier molecular flexibility index (Phi) is 6.64. The van der Waals surface area contributed by atoms with E-state index in [0.717, 1.165) is 31.2 Å². The molecule has 5 N–H and O–H groups in total. The first-order valence-electron chi connectivity index (χ1n) is 12.8. The second-order valence-corrected chi connectivity index (χ2v) is 11.2. The van der Waals surface area contributed by atoms with Crippen molar-refractivity contribution in [1.82, 2.24) is 25.2 Å². The van der Waals surface area contributed by atoms with Gasteiger partial charge in [0.05, 0.1) is 52.1 Å². The van der Waals surface area contributed by atoms with Gasteiger partial charge in [-0.3, -0.25) is 9.78 Å². The van der Waals surface area contributed by atoms with Crippen LogP contribution < -0.4 is 16.0 Å². The van der Waals surface area contributed by atoms with Gasteiger partial charge in [-0.15, -0.1) is 0 Å². The molecule has 1 atom stereocenters. The summed E-state index contributed by atoms with van der Waals surface area (Å²) >= 11 is 0. The zero-order chi connectivity index (χ0) is 27.9. The van der Waals surface area contributed by atoms with E-state index in [2.05, 4.69) is 32.1 Å². The summed E-state index contributed by atoms with van der Waals surface area (Å²) in [6.45, 7) is 2.32. The van der Waals surface area contributed by atoms with Crippen LogP contribution in [0.1, 0.15) is 55.5 Å². The number of nitrogens with zero attached hydrogens (tertiary/aromatic N) is 4. The number of alkyl halides is 1. The first-order chi connectivity index (χ1) is 18.5. The molecule has 1 spiro atoms. The molecule has 39 heavy (non-hydrogen) atoms. The van der Waals surface area contributed by atoms with Gasteiger partial charge in [-0.1, -0.05) is 0 Å². The number of nitriles is 1. The summed E-state index contributed by atoms with van der Waals surface area (Å²) in [5.74, 6) is -0.524. The molecule has 0 aromatic carbocycles. The number of anilines is 1. The number of nitrogens with one attached hydrogen (secondary N) is 3. The smallest absolute Gasteiger partial charge is 0.404 e. The SMILES string of the molecule is CC(C)(O)[C@H](F)CNC(=O)c1cnc(-c2ccc3cc(C#N)cnn23)cc1NC1CC2(CC(NC(=O)O)C2)C1. The number of aromatic nitrogens is 3. The average molecular weight is 536 g/mol. The third kappa shape index (κ3) is 5.35. The highest BCUT2D eigenvalue weighted by atomic mass is 19.1. The fourth-order valence-electron chi connectivity index (χ4n) is 5.58.